The molecule has 0 aliphatic rings. The molecule has 0 bridgehead atoms. The molecule has 0 fully saturated rings. The van der Waals surface area contributed by atoms with Crippen molar-refractivity contribution in [2.45, 2.75) is 25.8 Å². The highest BCUT2D eigenvalue weighted by atomic mass is 16.5. The fourth-order valence-electron chi connectivity index (χ4n) is 3.97. The summed E-state index contributed by atoms with van der Waals surface area (Å²) >= 11 is 0. The van der Waals surface area contributed by atoms with Crippen LogP contribution in [0.1, 0.15) is 29.4 Å². The van der Waals surface area contributed by atoms with E-state index in [2.05, 4.69) is 10.3 Å². The van der Waals surface area contributed by atoms with Gasteiger partial charge >= 0.3 is 0 Å². The molecule has 4 rings (SSSR count). The fourth-order valence-corrected chi connectivity index (χ4v) is 3.97. The quantitative estimate of drug-likeness (QED) is 0.341. The monoisotopic (exact) mass is 491 g/mol. The Kier molecular flexibility index (Phi) is 7.05. The first-order valence-electron chi connectivity index (χ1n) is 11.2. The van der Waals surface area contributed by atoms with Crippen molar-refractivity contribution in [2.75, 3.05) is 13.7 Å². The van der Waals surface area contributed by atoms with E-state index >= 15 is 0 Å². The largest absolute Gasteiger partial charge is 0.504 e. The molecule has 0 unspecified atom stereocenters. The van der Waals surface area contributed by atoms with Gasteiger partial charge in [-0.25, -0.2) is 4.98 Å². The second-order valence-electron chi connectivity index (χ2n) is 8.23. The number of carbonyl (C=O) groups excluding carboxylic acids is 1. The van der Waals surface area contributed by atoms with Crippen molar-refractivity contribution in [3.8, 4) is 17.2 Å². The van der Waals surface area contributed by atoms with E-state index in [1.165, 1.54) is 30.1 Å². The molecule has 0 radical (unpaired) electrons. The predicted octanol–water partition coefficient (Wildman–Crippen LogP) is 2.42. The first-order chi connectivity index (χ1) is 17.3. The number of aromatic nitrogens is 2. The Bertz CT molecular complexity index is 1540. The van der Waals surface area contributed by atoms with E-state index in [9.17, 15) is 24.6 Å². The minimum absolute atomic E-state index is 0.0714. The zero-order valence-electron chi connectivity index (χ0n) is 19.7. The second-order valence-corrected chi connectivity index (χ2v) is 8.23. The standard InChI is InChI=1S/C26H25N3O7/c1-15-11-21(31)24(33)25(36-15)18(16-7-8-20(30)22(12-16)35-2)13-23(32)27-9-10-29-14-28-19-6-4-3-5-17(19)26(29)34/h3-8,11-12,14,18,30,33H,9-10,13H2,1-2H3,(H,27,32)/t18-/m0/s1. The average Bonchev–Trinajstić information content (AvgIpc) is 2.87. The van der Waals surface area contributed by atoms with Crippen LogP contribution in [0.5, 0.6) is 17.2 Å². The van der Waals surface area contributed by atoms with Crippen molar-refractivity contribution in [2.24, 2.45) is 0 Å². The molecule has 2 heterocycles. The Morgan fingerprint density at radius 2 is 1.94 bits per heavy atom. The number of fused-ring (bicyclic) bond motifs is 1. The van der Waals surface area contributed by atoms with Crippen LogP contribution in [0.25, 0.3) is 10.9 Å². The van der Waals surface area contributed by atoms with Crippen molar-refractivity contribution in [1.82, 2.24) is 14.9 Å². The van der Waals surface area contributed by atoms with Crippen LogP contribution in [0.2, 0.25) is 0 Å². The van der Waals surface area contributed by atoms with Crippen molar-refractivity contribution in [1.29, 1.82) is 0 Å². The minimum atomic E-state index is -0.850. The summed E-state index contributed by atoms with van der Waals surface area (Å²) in [5.74, 6) is -1.59. The summed E-state index contributed by atoms with van der Waals surface area (Å²) in [5, 5.41) is 23.6. The van der Waals surface area contributed by atoms with Gasteiger partial charge in [-0.2, -0.15) is 0 Å². The maximum absolute atomic E-state index is 12.9. The van der Waals surface area contributed by atoms with Crippen LogP contribution >= 0.6 is 0 Å². The highest BCUT2D eigenvalue weighted by Gasteiger charge is 2.26. The first kappa shape index (κ1) is 24.5. The van der Waals surface area contributed by atoms with Gasteiger partial charge in [0.15, 0.2) is 17.3 Å². The molecule has 186 valence electrons. The highest BCUT2D eigenvalue weighted by molar-refractivity contribution is 5.78. The number of phenolic OH excluding ortho intramolecular Hbond substituents is 1. The van der Waals surface area contributed by atoms with E-state index in [1.54, 1.807) is 37.3 Å². The molecule has 4 aromatic rings. The molecule has 0 saturated heterocycles. The van der Waals surface area contributed by atoms with E-state index in [4.69, 9.17) is 9.15 Å². The lowest BCUT2D eigenvalue weighted by molar-refractivity contribution is -0.121. The number of rotatable bonds is 8. The van der Waals surface area contributed by atoms with Crippen LogP contribution in [0, 0.1) is 6.92 Å². The van der Waals surface area contributed by atoms with Gasteiger partial charge in [-0.3, -0.25) is 19.0 Å². The van der Waals surface area contributed by atoms with Crippen molar-refractivity contribution in [3.05, 3.63) is 92.5 Å². The highest BCUT2D eigenvalue weighted by Crippen LogP contribution is 2.37. The molecule has 1 atom stereocenters. The molecular formula is C26H25N3O7. The molecule has 0 saturated carbocycles. The zero-order chi connectivity index (χ0) is 25.8. The van der Waals surface area contributed by atoms with E-state index in [0.717, 1.165) is 6.07 Å². The van der Waals surface area contributed by atoms with Gasteiger partial charge in [-0.1, -0.05) is 18.2 Å². The third kappa shape index (κ3) is 5.07. The molecular weight excluding hydrogens is 466 g/mol. The van der Waals surface area contributed by atoms with Crippen LogP contribution in [-0.4, -0.2) is 39.3 Å². The van der Waals surface area contributed by atoms with Crippen LogP contribution in [0.3, 0.4) is 0 Å². The molecule has 3 N–H and O–H groups in total. The fraction of sp³-hybridized carbons (Fsp3) is 0.231. The third-order valence-electron chi connectivity index (χ3n) is 5.79. The summed E-state index contributed by atoms with van der Waals surface area (Å²) in [7, 11) is 1.38. The van der Waals surface area contributed by atoms with E-state index in [0.29, 0.717) is 16.5 Å². The Morgan fingerprint density at radius 3 is 2.72 bits per heavy atom. The van der Waals surface area contributed by atoms with Crippen molar-refractivity contribution in [3.63, 3.8) is 0 Å². The summed E-state index contributed by atoms with van der Waals surface area (Å²) in [6, 6.07) is 12.6. The van der Waals surface area contributed by atoms with Crippen LogP contribution in [0.4, 0.5) is 0 Å². The normalized spacial score (nSPS) is 11.8. The second kappa shape index (κ2) is 10.3. The molecule has 10 heteroatoms. The summed E-state index contributed by atoms with van der Waals surface area (Å²) < 4.78 is 12.2. The van der Waals surface area contributed by atoms with Gasteiger partial charge in [-0.15, -0.1) is 0 Å². The molecule has 1 amide bonds. The number of amides is 1. The number of aromatic hydroxyl groups is 2. The lowest BCUT2D eigenvalue weighted by atomic mass is 9.91. The lowest BCUT2D eigenvalue weighted by Crippen LogP contribution is -2.32. The Hall–Kier alpha value is -4.60. The number of benzene rings is 2. The molecule has 10 nitrogen and oxygen atoms in total. The number of nitrogens with zero attached hydrogens (tertiary/aromatic N) is 2. The van der Waals surface area contributed by atoms with Gasteiger partial charge in [0.2, 0.25) is 17.1 Å². The number of ether oxygens (including phenoxy) is 1. The van der Waals surface area contributed by atoms with E-state index in [1.807, 2.05) is 0 Å². The number of nitrogens with one attached hydrogen (secondary N) is 1. The Morgan fingerprint density at radius 1 is 1.17 bits per heavy atom. The maximum Gasteiger partial charge on any atom is 0.261 e. The van der Waals surface area contributed by atoms with E-state index in [-0.39, 0.29) is 48.1 Å². The number of aryl methyl sites for hydroxylation is 1. The number of para-hydroxylation sites is 1. The number of methoxy groups -OCH3 is 1. The molecule has 0 aliphatic carbocycles. The number of carbonyl (C=O) groups is 1. The number of hydrogen-bond acceptors (Lipinski definition) is 8. The Labute approximate surface area is 205 Å². The molecule has 0 spiro atoms. The van der Waals surface area contributed by atoms with Crippen molar-refractivity contribution < 1.29 is 24.2 Å². The third-order valence-corrected chi connectivity index (χ3v) is 5.79. The SMILES string of the molecule is COc1cc([C@H](CC(=O)NCCn2cnc3ccccc3c2=O)c2oc(C)cc(=O)c2O)ccc1O. The predicted molar refractivity (Wildman–Crippen MR) is 132 cm³/mol. The van der Waals surface area contributed by atoms with Gasteiger partial charge in [0.05, 0.1) is 30.3 Å². The molecule has 2 aromatic heterocycles. The molecule has 2 aromatic carbocycles. The lowest BCUT2D eigenvalue weighted by Gasteiger charge is -2.19. The summed E-state index contributed by atoms with van der Waals surface area (Å²) in [5.41, 5.74) is 0.233. The van der Waals surface area contributed by atoms with Gasteiger partial charge in [0.1, 0.15) is 5.76 Å². The minimum Gasteiger partial charge on any atom is -0.504 e. The number of phenols is 1. The molecule has 0 aliphatic heterocycles. The molecule has 36 heavy (non-hydrogen) atoms. The Balaban J connectivity index is 1.55. The summed E-state index contributed by atoms with van der Waals surface area (Å²) in [6.07, 6.45) is 1.25. The van der Waals surface area contributed by atoms with Crippen molar-refractivity contribution >= 4 is 16.8 Å². The number of hydrogen-bond donors (Lipinski definition) is 3. The smallest absolute Gasteiger partial charge is 0.261 e. The van der Waals surface area contributed by atoms with Crippen LogP contribution in [-0.2, 0) is 11.3 Å². The van der Waals surface area contributed by atoms with Gasteiger partial charge in [0, 0.05) is 25.6 Å². The van der Waals surface area contributed by atoms with E-state index < -0.39 is 23.0 Å². The topological polar surface area (TPSA) is 144 Å². The average molecular weight is 492 g/mol. The zero-order valence-corrected chi connectivity index (χ0v) is 19.7. The summed E-state index contributed by atoms with van der Waals surface area (Å²) in [4.78, 5) is 42.0. The van der Waals surface area contributed by atoms with Gasteiger partial charge in [-0.05, 0) is 36.8 Å². The van der Waals surface area contributed by atoms with Crippen LogP contribution in [0.15, 0.2) is 68.9 Å². The van der Waals surface area contributed by atoms with Gasteiger partial charge in [0.25, 0.3) is 5.56 Å². The maximum atomic E-state index is 12.9. The summed E-state index contributed by atoms with van der Waals surface area (Å²) in [6.45, 7) is 1.91. The van der Waals surface area contributed by atoms with Crippen LogP contribution < -0.4 is 21.0 Å². The van der Waals surface area contributed by atoms with Gasteiger partial charge < -0.3 is 24.7 Å². The first-order valence-corrected chi connectivity index (χ1v) is 11.2.